The first-order valence-electron chi connectivity index (χ1n) is 5.74. The predicted molar refractivity (Wildman–Crippen MR) is 94.4 cm³/mol. The van der Waals surface area contributed by atoms with Crippen LogP contribution in [0.1, 0.15) is 15.9 Å². The minimum absolute atomic E-state index is 0.226. The number of carbonyl (C=O) groups excluding carboxylic acids is 1. The SMILES string of the molecule is NC(=S)c1cccc(C(=O)Nc2c(Cl)cc(Br)cc2Cl)c1. The van der Waals surface area contributed by atoms with E-state index in [1.807, 2.05) is 0 Å². The smallest absolute Gasteiger partial charge is 0.255 e. The molecule has 0 atom stereocenters. The second-order valence-electron chi connectivity index (χ2n) is 4.14. The first-order chi connectivity index (χ1) is 9.88. The van der Waals surface area contributed by atoms with Crippen LogP contribution in [0.25, 0.3) is 0 Å². The highest BCUT2D eigenvalue weighted by Crippen LogP contribution is 2.34. The van der Waals surface area contributed by atoms with Crippen LogP contribution in [0.5, 0.6) is 0 Å². The summed E-state index contributed by atoms with van der Waals surface area (Å²) in [5.74, 6) is -0.348. The van der Waals surface area contributed by atoms with Crippen molar-refractivity contribution in [2.45, 2.75) is 0 Å². The molecule has 7 heteroatoms. The van der Waals surface area contributed by atoms with E-state index >= 15 is 0 Å². The largest absolute Gasteiger partial charge is 0.389 e. The number of thiocarbonyl (C=S) groups is 1. The van der Waals surface area contributed by atoms with Gasteiger partial charge in [0.15, 0.2) is 0 Å². The lowest BCUT2D eigenvalue weighted by atomic mass is 10.1. The van der Waals surface area contributed by atoms with Crippen molar-refractivity contribution in [3.63, 3.8) is 0 Å². The van der Waals surface area contributed by atoms with Crippen LogP contribution < -0.4 is 11.1 Å². The molecule has 2 rings (SSSR count). The van der Waals surface area contributed by atoms with Crippen LogP contribution in [-0.2, 0) is 0 Å². The van der Waals surface area contributed by atoms with E-state index in [0.29, 0.717) is 26.9 Å². The molecule has 0 aliphatic rings. The van der Waals surface area contributed by atoms with Gasteiger partial charge in [-0.2, -0.15) is 0 Å². The van der Waals surface area contributed by atoms with Gasteiger partial charge in [-0.3, -0.25) is 4.79 Å². The molecule has 0 saturated carbocycles. The Balaban J connectivity index is 2.30. The zero-order valence-corrected chi connectivity index (χ0v) is 14.4. The van der Waals surface area contributed by atoms with Crippen molar-refractivity contribution in [1.82, 2.24) is 0 Å². The second-order valence-corrected chi connectivity index (χ2v) is 6.31. The van der Waals surface area contributed by atoms with E-state index < -0.39 is 0 Å². The maximum atomic E-state index is 12.3. The molecule has 0 aliphatic carbocycles. The van der Waals surface area contributed by atoms with Crippen LogP contribution >= 0.6 is 51.3 Å². The highest BCUT2D eigenvalue weighted by molar-refractivity contribution is 9.10. The van der Waals surface area contributed by atoms with E-state index in [0.717, 1.165) is 4.47 Å². The van der Waals surface area contributed by atoms with Gasteiger partial charge in [-0.25, -0.2) is 0 Å². The number of nitrogens with two attached hydrogens (primary N) is 1. The summed E-state index contributed by atoms with van der Waals surface area (Å²) in [7, 11) is 0. The summed E-state index contributed by atoms with van der Waals surface area (Å²) in [4.78, 5) is 12.5. The molecule has 3 nitrogen and oxygen atoms in total. The summed E-state index contributed by atoms with van der Waals surface area (Å²) in [6, 6.07) is 9.99. The van der Waals surface area contributed by atoms with Crippen LogP contribution in [-0.4, -0.2) is 10.9 Å². The van der Waals surface area contributed by atoms with E-state index in [1.54, 1.807) is 36.4 Å². The van der Waals surface area contributed by atoms with Crippen molar-refractivity contribution in [3.8, 4) is 0 Å². The standard InChI is InChI=1S/C14H9BrCl2N2OS/c15-9-5-10(16)12(11(17)6-9)19-14(20)8-3-1-2-7(4-8)13(18)21/h1-6H,(H2,18,21)(H,19,20). The number of hydrogen-bond donors (Lipinski definition) is 2. The molecule has 0 radical (unpaired) electrons. The molecule has 0 aromatic heterocycles. The maximum absolute atomic E-state index is 12.3. The van der Waals surface area contributed by atoms with Crippen LogP contribution in [0.2, 0.25) is 10.0 Å². The predicted octanol–water partition coefficient (Wildman–Crippen LogP) is 4.64. The van der Waals surface area contributed by atoms with Gasteiger partial charge in [0.1, 0.15) is 4.99 Å². The van der Waals surface area contributed by atoms with Crippen molar-refractivity contribution < 1.29 is 4.79 Å². The monoisotopic (exact) mass is 402 g/mol. The number of benzene rings is 2. The summed E-state index contributed by atoms with van der Waals surface area (Å²) in [5.41, 5.74) is 6.94. The van der Waals surface area contributed by atoms with Crippen molar-refractivity contribution in [3.05, 3.63) is 62.0 Å². The Morgan fingerprint density at radius 1 is 1.14 bits per heavy atom. The Hall–Kier alpha value is -1.14. The minimum Gasteiger partial charge on any atom is -0.389 e. The lowest BCUT2D eigenvalue weighted by Gasteiger charge is -2.10. The quantitative estimate of drug-likeness (QED) is 0.733. The van der Waals surface area contributed by atoms with Crippen LogP contribution in [0.3, 0.4) is 0 Å². The van der Waals surface area contributed by atoms with Gasteiger partial charge in [0.2, 0.25) is 0 Å². The van der Waals surface area contributed by atoms with Gasteiger partial charge < -0.3 is 11.1 Å². The molecule has 0 bridgehead atoms. The lowest BCUT2D eigenvalue weighted by molar-refractivity contribution is 0.102. The second kappa shape index (κ2) is 6.75. The van der Waals surface area contributed by atoms with Gasteiger partial charge in [-0.15, -0.1) is 0 Å². The molecule has 0 spiro atoms. The van der Waals surface area contributed by atoms with E-state index in [-0.39, 0.29) is 10.9 Å². The normalized spacial score (nSPS) is 10.2. The molecule has 0 heterocycles. The van der Waals surface area contributed by atoms with Crippen LogP contribution in [0.15, 0.2) is 40.9 Å². The molecule has 2 aromatic rings. The lowest BCUT2D eigenvalue weighted by Crippen LogP contribution is -2.15. The van der Waals surface area contributed by atoms with Crippen LogP contribution in [0, 0.1) is 0 Å². The number of hydrogen-bond acceptors (Lipinski definition) is 2. The zero-order chi connectivity index (χ0) is 15.6. The molecule has 1 amide bonds. The molecule has 0 unspecified atom stereocenters. The molecular weight excluding hydrogens is 395 g/mol. The first kappa shape index (κ1) is 16.2. The summed E-state index contributed by atoms with van der Waals surface area (Å²) >= 11 is 20.3. The van der Waals surface area contributed by atoms with Gasteiger partial charge in [0, 0.05) is 15.6 Å². The summed E-state index contributed by atoms with van der Waals surface area (Å²) in [5, 5.41) is 3.36. The molecule has 3 N–H and O–H groups in total. The third-order valence-electron chi connectivity index (χ3n) is 2.65. The number of nitrogens with one attached hydrogen (secondary N) is 1. The topological polar surface area (TPSA) is 55.1 Å². The van der Waals surface area contributed by atoms with Crippen molar-refractivity contribution in [1.29, 1.82) is 0 Å². The summed E-state index contributed by atoms with van der Waals surface area (Å²) in [6.45, 7) is 0. The molecule has 108 valence electrons. The number of rotatable bonds is 3. The molecule has 0 aliphatic heterocycles. The summed E-state index contributed by atoms with van der Waals surface area (Å²) in [6.07, 6.45) is 0. The fourth-order valence-electron chi connectivity index (χ4n) is 1.66. The average Bonchev–Trinajstić information content (AvgIpc) is 2.42. The Bertz CT molecular complexity index is 714. The Morgan fingerprint density at radius 2 is 1.71 bits per heavy atom. The van der Waals surface area contributed by atoms with E-state index in [1.165, 1.54) is 0 Å². The highest BCUT2D eigenvalue weighted by atomic mass is 79.9. The van der Waals surface area contributed by atoms with E-state index in [2.05, 4.69) is 21.2 Å². The highest BCUT2D eigenvalue weighted by Gasteiger charge is 2.13. The average molecular weight is 404 g/mol. The van der Waals surface area contributed by atoms with Crippen molar-refractivity contribution in [2.24, 2.45) is 5.73 Å². The summed E-state index contributed by atoms with van der Waals surface area (Å²) < 4.78 is 0.728. The fraction of sp³-hybridized carbons (Fsp3) is 0. The molecule has 0 saturated heterocycles. The number of halogens is 3. The first-order valence-corrected chi connectivity index (χ1v) is 7.70. The fourth-order valence-corrected chi connectivity index (χ4v) is 3.09. The van der Waals surface area contributed by atoms with E-state index in [4.69, 9.17) is 41.2 Å². The van der Waals surface area contributed by atoms with Gasteiger partial charge in [-0.05, 0) is 24.3 Å². The number of carbonyl (C=O) groups is 1. The van der Waals surface area contributed by atoms with Crippen LogP contribution in [0.4, 0.5) is 5.69 Å². The molecule has 0 fully saturated rings. The van der Waals surface area contributed by atoms with Gasteiger partial charge in [0.05, 0.1) is 15.7 Å². The maximum Gasteiger partial charge on any atom is 0.255 e. The van der Waals surface area contributed by atoms with Gasteiger partial charge in [0.25, 0.3) is 5.91 Å². The Morgan fingerprint density at radius 3 is 2.29 bits per heavy atom. The number of amides is 1. The molecular formula is C14H9BrCl2N2OS. The molecule has 2 aromatic carbocycles. The van der Waals surface area contributed by atoms with E-state index in [9.17, 15) is 4.79 Å². The van der Waals surface area contributed by atoms with Crippen molar-refractivity contribution in [2.75, 3.05) is 5.32 Å². The zero-order valence-electron chi connectivity index (χ0n) is 10.5. The Kier molecular flexibility index (Phi) is 5.22. The third kappa shape index (κ3) is 3.95. The van der Waals surface area contributed by atoms with Gasteiger partial charge >= 0.3 is 0 Å². The number of anilines is 1. The van der Waals surface area contributed by atoms with Crippen molar-refractivity contribution >= 4 is 67.9 Å². The van der Waals surface area contributed by atoms with Gasteiger partial charge in [-0.1, -0.05) is 63.5 Å². The molecule has 21 heavy (non-hydrogen) atoms. The minimum atomic E-state index is -0.348. The third-order valence-corrected chi connectivity index (χ3v) is 3.94. The Labute approximate surface area is 145 Å².